The predicted octanol–water partition coefficient (Wildman–Crippen LogP) is 2.24. The van der Waals surface area contributed by atoms with E-state index >= 15 is 0 Å². The summed E-state index contributed by atoms with van der Waals surface area (Å²) in [4.78, 5) is 18.7. The molecule has 2 rings (SSSR count). The van der Waals surface area contributed by atoms with Crippen molar-refractivity contribution in [3.05, 3.63) is 16.1 Å². The van der Waals surface area contributed by atoms with Gasteiger partial charge in [-0.25, -0.2) is 4.98 Å². The number of aryl methyl sites for hydroxylation is 1. The Kier molecular flexibility index (Phi) is 4.35. The second-order valence-corrected chi connectivity index (χ2v) is 5.80. The molecule has 2 unspecified atom stereocenters. The zero-order valence-electron chi connectivity index (χ0n) is 11.1. The summed E-state index contributed by atoms with van der Waals surface area (Å²) >= 11 is 1.62. The van der Waals surface area contributed by atoms with Crippen molar-refractivity contribution in [1.29, 1.82) is 0 Å². The molecule has 5 heteroatoms. The molecule has 2 N–H and O–H groups in total. The van der Waals surface area contributed by atoms with Crippen molar-refractivity contribution in [2.45, 2.75) is 51.6 Å². The lowest BCUT2D eigenvalue weighted by Crippen LogP contribution is -2.42. The zero-order valence-corrected chi connectivity index (χ0v) is 11.9. The van der Waals surface area contributed by atoms with Gasteiger partial charge in [-0.15, -0.1) is 11.3 Å². The van der Waals surface area contributed by atoms with Gasteiger partial charge >= 0.3 is 0 Å². The summed E-state index contributed by atoms with van der Waals surface area (Å²) in [6.45, 7) is 4.85. The summed E-state index contributed by atoms with van der Waals surface area (Å²) in [5, 5.41) is 3.02. The first kappa shape index (κ1) is 13.5. The van der Waals surface area contributed by atoms with Gasteiger partial charge in [-0.2, -0.15) is 0 Å². The van der Waals surface area contributed by atoms with Gasteiger partial charge < -0.3 is 10.6 Å². The molecule has 1 amide bonds. The molecule has 1 aliphatic rings. The van der Waals surface area contributed by atoms with Gasteiger partial charge in [0.1, 0.15) is 5.01 Å². The highest BCUT2D eigenvalue weighted by Crippen LogP contribution is 2.32. The Balaban J connectivity index is 2.32. The van der Waals surface area contributed by atoms with E-state index in [1.807, 2.05) is 17.2 Å². The summed E-state index contributed by atoms with van der Waals surface area (Å²) in [6.07, 6.45) is 3.37. The van der Waals surface area contributed by atoms with Gasteiger partial charge in [-0.3, -0.25) is 4.79 Å². The number of amides is 1. The first-order valence-electron chi connectivity index (χ1n) is 6.60. The molecule has 2 heterocycles. The first-order chi connectivity index (χ1) is 8.63. The zero-order chi connectivity index (χ0) is 13.1. The molecule has 1 fully saturated rings. The van der Waals surface area contributed by atoms with Crippen LogP contribution in [0.5, 0.6) is 0 Å². The molecule has 2 atom stereocenters. The largest absolute Gasteiger partial charge is 0.332 e. The summed E-state index contributed by atoms with van der Waals surface area (Å²) in [7, 11) is 0. The Morgan fingerprint density at radius 2 is 2.39 bits per heavy atom. The van der Waals surface area contributed by atoms with Gasteiger partial charge in [0.2, 0.25) is 5.91 Å². The lowest BCUT2D eigenvalue weighted by molar-refractivity contribution is -0.133. The number of aromatic nitrogens is 1. The number of hydrogen-bond acceptors (Lipinski definition) is 4. The average molecular weight is 267 g/mol. The minimum atomic E-state index is -0.0290. The third-order valence-corrected chi connectivity index (χ3v) is 4.38. The molecule has 0 bridgehead atoms. The molecular weight excluding hydrogens is 246 g/mol. The standard InChI is InChI=1S/C13H21N3OS/c1-3-7-16-11(17)6-4-5-10(14)12(16)13-15-9(2)8-18-13/h8,10,12H,3-7,14H2,1-2H3. The Morgan fingerprint density at radius 1 is 1.61 bits per heavy atom. The van der Waals surface area contributed by atoms with Crippen LogP contribution in [0.4, 0.5) is 0 Å². The molecule has 0 radical (unpaired) electrons. The van der Waals surface area contributed by atoms with E-state index in [4.69, 9.17) is 5.73 Å². The van der Waals surface area contributed by atoms with E-state index < -0.39 is 0 Å². The highest BCUT2D eigenvalue weighted by atomic mass is 32.1. The fourth-order valence-electron chi connectivity index (χ4n) is 2.51. The van der Waals surface area contributed by atoms with Crippen LogP contribution in [0.1, 0.15) is 49.4 Å². The van der Waals surface area contributed by atoms with Crippen molar-refractivity contribution in [3.8, 4) is 0 Å². The van der Waals surface area contributed by atoms with Crippen LogP contribution in [-0.4, -0.2) is 28.4 Å². The van der Waals surface area contributed by atoms with Crippen LogP contribution in [0, 0.1) is 6.92 Å². The SMILES string of the molecule is CCCN1C(=O)CCCC(N)C1c1nc(C)cs1. The van der Waals surface area contributed by atoms with Crippen LogP contribution in [0.15, 0.2) is 5.38 Å². The van der Waals surface area contributed by atoms with E-state index in [9.17, 15) is 4.79 Å². The smallest absolute Gasteiger partial charge is 0.223 e. The maximum atomic E-state index is 12.2. The molecule has 1 saturated heterocycles. The van der Waals surface area contributed by atoms with Crippen LogP contribution < -0.4 is 5.73 Å². The maximum Gasteiger partial charge on any atom is 0.223 e. The molecule has 1 aromatic rings. The quantitative estimate of drug-likeness (QED) is 0.913. The van der Waals surface area contributed by atoms with Crippen LogP contribution in [0.25, 0.3) is 0 Å². The predicted molar refractivity (Wildman–Crippen MR) is 73.4 cm³/mol. The number of rotatable bonds is 3. The van der Waals surface area contributed by atoms with E-state index in [0.717, 1.165) is 36.5 Å². The Bertz CT molecular complexity index is 418. The number of nitrogens with two attached hydrogens (primary N) is 1. The van der Waals surface area contributed by atoms with Crippen LogP contribution in [0.3, 0.4) is 0 Å². The molecule has 18 heavy (non-hydrogen) atoms. The third kappa shape index (κ3) is 2.72. The van der Waals surface area contributed by atoms with Crippen molar-refractivity contribution in [3.63, 3.8) is 0 Å². The Hall–Kier alpha value is -0.940. The summed E-state index contributed by atoms with van der Waals surface area (Å²) < 4.78 is 0. The number of hydrogen-bond donors (Lipinski definition) is 1. The summed E-state index contributed by atoms with van der Waals surface area (Å²) in [5.41, 5.74) is 7.29. The van der Waals surface area contributed by atoms with E-state index in [2.05, 4.69) is 11.9 Å². The molecule has 100 valence electrons. The number of carbonyl (C=O) groups excluding carboxylic acids is 1. The van der Waals surface area contributed by atoms with Crippen molar-refractivity contribution in [1.82, 2.24) is 9.88 Å². The highest BCUT2D eigenvalue weighted by molar-refractivity contribution is 7.09. The molecule has 1 aromatic heterocycles. The minimum Gasteiger partial charge on any atom is -0.332 e. The molecule has 1 aliphatic heterocycles. The van der Waals surface area contributed by atoms with Gasteiger partial charge in [-0.05, 0) is 26.2 Å². The van der Waals surface area contributed by atoms with E-state index in [1.165, 1.54) is 0 Å². The topological polar surface area (TPSA) is 59.2 Å². The van der Waals surface area contributed by atoms with Crippen molar-refractivity contribution >= 4 is 17.2 Å². The van der Waals surface area contributed by atoms with Crippen molar-refractivity contribution in [2.75, 3.05) is 6.54 Å². The van der Waals surface area contributed by atoms with Gasteiger partial charge in [0.25, 0.3) is 0 Å². The fourth-order valence-corrected chi connectivity index (χ4v) is 3.49. The second kappa shape index (κ2) is 5.80. The molecule has 4 nitrogen and oxygen atoms in total. The molecule has 0 aliphatic carbocycles. The lowest BCUT2D eigenvalue weighted by atomic mass is 10.0. The van der Waals surface area contributed by atoms with E-state index in [1.54, 1.807) is 11.3 Å². The van der Waals surface area contributed by atoms with Gasteiger partial charge in [-0.1, -0.05) is 6.92 Å². The van der Waals surface area contributed by atoms with E-state index in [-0.39, 0.29) is 18.0 Å². The Morgan fingerprint density at radius 3 is 3.00 bits per heavy atom. The molecular formula is C13H21N3OS. The summed E-state index contributed by atoms with van der Waals surface area (Å²) in [5.74, 6) is 0.225. The minimum absolute atomic E-state index is 0.00792. The van der Waals surface area contributed by atoms with Crippen LogP contribution >= 0.6 is 11.3 Å². The number of thiazole rings is 1. The van der Waals surface area contributed by atoms with Crippen LogP contribution in [0.2, 0.25) is 0 Å². The molecule has 0 spiro atoms. The number of nitrogens with zero attached hydrogens (tertiary/aromatic N) is 2. The number of carbonyl (C=O) groups is 1. The Labute approximate surface area is 112 Å². The first-order valence-corrected chi connectivity index (χ1v) is 7.48. The molecule has 0 aromatic carbocycles. The fraction of sp³-hybridized carbons (Fsp3) is 0.692. The lowest BCUT2D eigenvalue weighted by Gasteiger charge is -2.31. The molecule has 0 saturated carbocycles. The number of likely N-dealkylation sites (tertiary alicyclic amines) is 1. The van der Waals surface area contributed by atoms with Crippen molar-refractivity contribution in [2.24, 2.45) is 5.73 Å². The maximum absolute atomic E-state index is 12.2. The average Bonchev–Trinajstić information content (AvgIpc) is 2.69. The van der Waals surface area contributed by atoms with Gasteiger partial charge in [0.15, 0.2) is 0 Å². The van der Waals surface area contributed by atoms with Crippen molar-refractivity contribution < 1.29 is 4.79 Å². The third-order valence-electron chi connectivity index (χ3n) is 3.34. The van der Waals surface area contributed by atoms with E-state index in [0.29, 0.717) is 6.42 Å². The summed E-state index contributed by atoms with van der Waals surface area (Å²) in [6, 6.07) is -0.0211. The highest BCUT2D eigenvalue weighted by Gasteiger charge is 2.34. The second-order valence-electron chi connectivity index (χ2n) is 4.92. The van der Waals surface area contributed by atoms with Gasteiger partial charge in [0, 0.05) is 30.1 Å². The monoisotopic (exact) mass is 267 g/mol. The van der Waals surface area contributed by atoms with Gasteiger partial charge in [0.05, 0.1) is 6.04 Å². The normalized spacial score (nSPS) is 25.3. The van der Waals surface area contributed by atoms with Crippen LogP contribution in [-0.2, 0) is 4.79 Å².